The Labute approximate surface area is 104 Å². The van der Waals surface area contributed by atoms with Gasteiger partial charge in [0.25, 0.3) is 5.69 Å². The van der Waals surface area contributed by atoms with E-state index in [0.29, 0.717) is 12.1 Å². The summed E-state index contributed by atoms with van der Waals surface area (Å²) in [4.78, 5) is 10.2. The topological polar surface area (TPSA) is 75.4 Å². The Bertz CT molecular complexity index is 555. The minimum absolute atomic E-state index is 0.0299. The summed E-state index contributed by atoms with van der Waals surface area (Å²) in [7, 11) is 0. The van der Waals surface area contributed by atoms with Crippen molar-refractivity contribution in [3.05, 3.63) is 64.2 Å². The third-order valence-corrected chi connectivity index (χ3v) is 2.53. The molecule has 0 aliphatic carbocycles. The van der Waals surface area contributed by atoms with Crippen LogP contribution in [0.4, 0.5) is 11.4 Å². The van der Waals surface area contributed by atoms with Gasteiger partial charge in [-0.3, -0.25) is 10.1 Å². The van der Waals surface area contributed by atoms with Gasteiger partial charge in [-0.15, -0.1) is 0 Å². The number of phenols is 1. The van der Waals surface area contributed by atoms with Crippen LogP contribution in [0.5, 0.6) is 5.75 Å². The van der Waals surface area contributed by atoms with Gasteiger partial charge < -0.3 is 10.4 Å². The first-order valence-corrected chi connectivity index (χ1v) is 5.42. The molecular weight excluding hydrogens is 232 g/mol. The van der Waals surface area contributed by atoms with Crippen LogP contribution in [-0.2, 0) is 6.54 Å². The van der Waals surface area contributed by atoms with Crippen LogP contribution in [0.1, 0.15) is 5.56 Å². The van der Waals surface area contributed by atoms with Crippen LogP contribution in [0.25, 0.3) is 0 Å². The van der Waals surface area contributed by atoms with E-state index in [4.69, 9.17) is 0 Å². The Hall–Kier alpha value is -2.56. The predicted molar refractivity (Wildman–Crippen MR) is 68.5 cm³/mol. The van der Waals surface area contributed by atoms with Crippen molar-refractivity contribution in [2.45, 2.75) is 6.54 Å². The SMILES string of the molecule is O=[N+]([O-])c1ccc(O)c(CNc2ccccc2)c1. The molecule has 2 rings (SSSR count). The lowest BCUT2D eigenvalue weighted by molar-refractivity contribution is -0.384. The number of nitrogens with one attached hydrogen (secondary N) is 1. The van der Waals surface area contributed by atoms with Crippen LogP contribution in [0.15, 0.2) is 48.5 Å². The molecule has 0 saturated heterocycles. The van der Waals surface area contributed by atoms with E-state index >= 15 is 0 Å². The molecule has 92 valence electrons. The molecule has 0 aliphatic rings. The standard InChI is InChI=1S/C13H12N2O3/c16-13-7-6-12(15(17)18)8-10(13)9-14-11-4-2-1-3-5-11/h1-8,14,16H,9H2. The zero-order valence-corrected chi connectivity index (χ0v) is 9.54. The molecule has 0 saturated carbocycles. The van der Waals surface area contributed by atoms with E-state index in [-0.39, 0.29) is 11.4 Å². The molecular formula is C13H12N2O3. The number of non-ortho nitro benzene ring substituents is 1. The highest BCUT2D eigenvalue weighted by Crippen LogP contribution is 2.23. The lowest BCUT2D eigenvalue weighted by atomic mass is 10.1. The highest BCUT2D eigenvalue weighted by atomic mass is 16.6. The number of benzene rings is 2. The molecule has 0 aliphatic heterocycles. The molecule has 5 heteroatoms. The number of anilines is 1. The zero-order valence-electron chi connectivity index (χ0n) is 9.54. The summed E-state index contributed by atoms with van der Waals surface area (Å²) in [5.41, 5.74) is 1.36. The van der Waals surface area contributed by atoms with Gasteiger partial charge in [-0.1, -0.05) is 18.2 Å². The molecule has 0 spiro atoms. The fourth-order valence-electron chi connectivity index (χ4n) is 1.58. The largest absolute Gasteiger partial charge is 0.508 e. The minimum Gasteiger partial charge on any atom is -0.508 e. The minimum atomic E-state index is -0.481. The first-order valence-electron chi connectivity index (χ1n) is 5.42. The average molecular weight is 244 g/mol. The fourth-order valence-corrected chi connectivity index (χ4v) is 1.58. The van der Waals surface area contributed by atoms with Gasteiger partial charge >= 0.3 is 0 Å². The fraction of sp³-hybridized carbons (Fsp3) is 0.0769. The van der Waals surface area contributed by atoms with E-state index in [2.05, 4.69) is 5.32 Å². The molecule has 5 nitrogen and oxygen atoms in total. The Kier molecular flexibility index (Phi) is 3.43. The number of phenolic OH excluding ortho intramolecular Hbond substituents is 1. The van der Waals surface area contributed by atoms with Gasteiger partial charge in [0.15, 0.2) is 0 Å². The number of hydrogen-bond donors (Lipinski definition) is 2. The Morgan fingerprint density at radius 2 is 1.89 bits per heavy atom. The summed E-state index contributed by atoms with van der Waals surface area (Å²) >= 11 is 0. The van der Waals surface area contributed by atoms with E-state index in [1.807, 2.05) is 30.3 Å². The highest BCUT2D eigenvalue weighted by molar-refractivity contribution is 5.47. The summed E-state index contributed by atoms with van der Waals surface area (Å²) in [6, 6.07) is 13.4. The number of nitro groups is 1. The van der Waals surface area contributed by atoms with Crippen molar-refractivity contribution in [2.75, 3.05) is 5.32 Å². The summed E-state index contributed by atoms with van der Waals surface area (Å²) < 4.78 is 0. The van der Waals surface area contributed by atoms with E-state index in [1.54, 1.807) is 0 Å². The monoisotopic (exact) mass is 244 g/mol. The smallest absolute Gasteiger partial charge is 0.270 e. The van der Waals surface area contributed by atoms with Crippen LogP contribution >= 0.6 is 0 Å². The van der Waals surface area contributed by atoms with Crippen LogP contribution in [-0.4, -0.2) is 10.0 Å². The van der Waals surface area contributed by atoms with Crippen molar-refractivity contribution in [1.82, 2.24) is 0 Å². The number of rotatable bonds is 4. The summed E-state index contributed by atoms with van der Waals surface area (Å²) in [6.45, 7) is 0.331. The van der Waals surface area contributed by atoms with E-state index < -0.39 is 4.92 Å². The Balaban J connectivity index is 2.14. The van der Waals surface area contributed by atoms with Gasteiger partial charge in [-0.2, -0.15) is 0 Å². The molecule has 2 N–H and O–H groups in total. The van der Waals surface area contributed by atoms with Crippen LogP contribution in [0, 0.1) is 10.1 Å². The highest BCUT2D eigenvalue weighted by Gasteiger charge is 2.09. The molecule has 2 aromatic rings. The average Bonchev–Trinajstić information content (AvgIpc) is 2.38. The van der Waals surface area contributed by atoms with Gasteiger partial charge in [0.1, 0.15) is 5.75 Å². The quantitative estimate of drug-likeness (QED) is 0.640. The second-order valence-electron chi connectivity index (χ2n) is 3.79. The molecule has 0 fully saturated rings. The van der Waals surface area contributed by atoms with Crippen molar-refractivity contribution in [3.63, 3.8) is 0 Å². The lowest BCUT2D eigenvalue weighted by Crippen LogP contribution is -2.00. The van der Waals surface area contributed by atoms with Crippen LogP contribution < -0.4 is 5.32 Å². The van der Waals surface area contributed by atoms with Crippen molar-refractivity contribution < 1.29 is 10.0 Å². The molecule has 0 bridgehead atoms. The summed E-state index contributed by atoms with van der Waals surface area (Å²) in [5.74, 6) is 0.0454. The summed E-state index contributed by atoms with van der Waals surface area (Å²) in [5, 5.41) is 23.4. The molecule has 2 aromatic carbocycles. The normalized spacial score (nSPS) is 10.0. The summed E-state index contributed by atoms with van der Waals surface area (Å²) in [6.07, 6.45) is 0. The molecule has 0 aromatic heterocycles. The molecule has 0 radical (unpaired) electrons. The van der Waals surface area contributed by atoms with Crippen molar-refractivity contribution in [2.24, 2.45) is 0 Å². The maximum atomic E-state index is 10.6. The Morgan fingerprint density at radius 3 is 2.56 bits per heavy atom. The number of nitrogens with zero attached hydrogens (tertiary/aromatic N) is 1. The van der Waals surface area contributed by atoms with Crippen molar-refractivity contribution in [1.29, 1.82) is 0 Å². The molecule has 0 atom stereocenters. The molecule has 0 amide bonds. The van der Waals surface area contributed by atoms with Crippen molar-refractivity contribution in [3.8, 4) is 5.75 Å². The molecule has 18 heavy (non-hydrogen) atoms. The number of nitro benzene ring substituents is 1. The number of aromatic hydroxyl groups is 1. The molecule has 0 unspecified atom stereocenters. The zero-order chi connectivity index (χ0) is 13.0. The second kappa shape index (κ2) is 5.18. The molecule has 0 heterocycles. The van der Waals surface area contributed by atoms with E-state index in [0.717, 1.165) is 5.69 Å². The first kappa shape index (κ1) is 11.9. The predicted octanol–water partition coefficient (Wildman–Crippen LogP) is 2.91. The maximum Gasteiger partial charge on any atom is 0.270 e. The maximum absolute atomic E-state index is 10.6. The second-order valence-corrected chi connectivity index (χ2v) is 3.79. The van der Waals surface area contributed by atoms with Gasteiger partial charge in [0, 0.05) is 29.9 Å². The number of hydrogen-bond acceptors (Lipinski definition) is 4. The van der Waals surface area contributed by atoms with Gasteiger partial charge in [0.2, 0.25) is 0 Å². The lowest BCUT2D eigenvalue weighted by Gasteiger charge is -2.07. The Morgan fingerprint density at radius 1 is 1.17 bits per heavy atom. The third kappa shape index (κ3) is 2.76. The third-order valence-electron chi connectivity index (χ3n) is 2.53. The van der Waals surface area contributed by atoms with Gasteiger partial charge in [-0.05, 0) is 18.2 Å². The van der Waals surface area contributed by atoms with E-state index in [9.17, 15) is 15.2 Å². The number of para-hydroxylation sites is 1. The first-order chi connectivity index (χ1) is 8.66. The van der Waals surface area contributed by atoms with Gasteiger partial charge in [0.05, 0.1) is 4.92 Å². The van der Waals surface area contributed by atoms with Crippen LogP contribution in [0.2, 0.25) is 0 Å². The van der Waals surface area contributed by atoms with Crippen LogP contribution in [0.3, 0.4) is 0 Å². The van der Waals surface area contributed by atoms with E-state index in [1.165, 1.54) is 18.2 Å². The van der Waals surface area contributed by atoms with Crippen molar-refractivity contribution >= 4 is 11.4 Å². The van der Waals surface area contributed by atoms with Gasteiger partial charge in [-0.25, -0.2) is 0 Å².